The highest BCUT2D eigenvalue weighted by Gasteiger charge is 2.16. The fraction of sp³-hybridized carbons (Fsp3) is 0.683. The van der Waals surface area contributed by atoms with Gasteiger partial charge in [0.25, 0.3) is 10.0 Å². The van der Waals surface area contributed by atoms with Crippen LogP contribution in [-0.4, -0.2) is 26.1 Å². The van der Waals surface area contributed by atoms with Crippen molar-refractivity contribution in [2.45, 2.75) is 179 Å². The van der Waals surface area contributed by atoms with Crippen molar-refractivity contribution >= 4 is 21.7 Å². The molecule has 2 N–H and O–H groups in total. The molecule has 2 rings (SSSR count). The van der Waals surface area contributed by atoms with Crippen LogP contribution in [0.5, 0.6) is 5.75 Å². The predicted molar refractivity (Wildman–Crippen MR) is 201 cm³/mol. The van der Waals surface area contributed by atoms with E-state index in [0.29, 0.717) is 17.9 Å². The molecule has 6 nitrogen and oxygen atoms in total. The van der Waals surface area contributed by atoms with Crippen LogP contribution in [0.15, 0.2) is 53.4 Å². The van der Waals surface area contributed by atoms with Crippen LogP contribution in [0.4, 0.5) is 5.69 Å². The summed E-state index contributed by atoms with van der Waals surface area (Å²) in [5.74, 6) is -0.387. The van der Waals surface area contributed by atoms with E-state index < -0.39 is 16.0 Å². The third-order valence-electron chi connectivity index (χ3n) is 9.25. The lowest BCUT2D eigenvalue weighted by molar-refractivity contribution is 0.0497. The molecule has 272 valence electrons. The summed E-state index contributed by atoms with van der Waals surface area (Å²) < 4.78 is 33.0. The maximum absolute atomic E-state index is 12.6. The first-order chi connectivity index (χ1) is 23.4. The fourth-order valence-corrected chi connectivity index (χ4v) is 7.24. The first-order valence-electron chi connectivity index (χ1n) is 19.5. The Morgan fingerprint density at radius 1 is 0.542 bits per heavy atom. The molecule has 0 amide bonds. The number of phenols is 1. The first kappa shape index (κ1) is 41.6. The van der Waals surface area contributed by atoms with Gasteiger partial charge >= 0.3 is 5.97 Å². The Morgan fingerprint density at radius 2 is 0.896 bits per heavy atom. The number of unbranched alkanes of at least 4 members (excludes halogenated alkanes) is 25. The van der Waals surface area contributed by atoms with Gasteiger partial charge in [-0.15, -0.1) is 0 Å². The molecule has 48 heavy (non-hydrogen) atoms. The minimum atomic E-state index is -3.80. The van der Waals surface area contributed by atoms with E-state index in [-0.39, 0.29) is 10.6 Å². The van der Waals surface area contributed by atoms with Crippen molar-refractivity contribution in [1.29, 1.82) is 0 Å². The van der Waals surface area contributed by atoms with E-state index in [4.69, 9.17) is 4.74 Å². The topological polar surface area (TPSA) is 92.7 Å². The molecule has 0 aliphatic carbocycles. The summed E-state index contributed by atoms with van der Waals surface area (Å²) >= 11 is 0. The van der Waals surface area contributed by atoms with E-state index in [0.717, 1.165) is 19.3 Å². The second-order valence-corrected chi connectivity index (χ2v) is 15.3. The van der Waals surface area contributed by atoms with Gasteiger partial charge in [0, 0.05) is 5.69 Å². The molecule has 0 aliphatic heterocycles. The van der Waals surface area contributed by atoms with Gasteiger partial charge in [-0.05, 0) is 55.0 Å². The Balaban J connectivity index is 1.32. The molecule has 0 heterocycles. The summed E-state index contributed by atoms with van der Waals surface area (Å²) in [6.07, 6.45) is 35.4. The van der Waals surface area contributed by atoms with E-state index >= 15 is 0 Å². The zero-order valence-corrected chi connectivity index (χ0v) is 31.0. The molecule has 0 radical (unpaired) electrons. The van der Waals surface area contributed by atoms with E-state index in [1.54, 1.807) is 0 Å². The number of aromatic hydroxyl groups is 1. The van der Waals surface area contributed by atoms with E-state index in [2.05, 4.69) is 11.6 Å². The van der Waals surface area contributed by atoms with Crippen LogP contribution in [0.3, 0.4) is 0 Å². The van der Waals surface area contributed by atoms with Crippen molar-refractivity contribution in [3.05, 3.63) is 54.1 Å². The molecule has 0 aliphatic rings. The third kappa shape index (κ3) is 20.7. The molecule has 0 unspecified atom stereocenters. The minimum absolute atomic E-state index is 0.0440. The number of carbonyl (C=O) groups is 1. The summed E-state index contributed by atoms with van der Waals surface area (Å²) in [7, 11) is -3.80. The maximum atomic E-state index is 12.6. The molecule has 0 bridgehead atoms. The van der Waals surface area contributed by atoms with Crippen LogP contribution in [0.2, 0.25) is 0 Å². The van der Waals surface area contributed by atoms with Gasteiger partial charge in [0.2, 0.25) is 0 Å². The van der Waals surface area contributed by atoms with E-state index in [1.807, 2.05) is 0 Å². The standard InChI is InChI=1S/C41H67NO5S/c1-2-3-4-5-6-7-8-9-10-11-12-13-14-15-16-17-18-19-20-21-22-23-24-25-26-27-36-47-41(44)37-28-34-40(35-29-37)48(45,46)42-38-30-32-39(43)33-31-38/h28-35,42-43H,2-27,36H2,1H3. The number of benzene rings is 2. The number of rotatable bonds is 31. The highest BCUT2D eigenvalue weighted by atomic mass is 32.2. The quantitative estimate of drug-likeness (QED) is 0.0468. The summed E-state index contributed by atoms with van der Waals surface area (Å²) in [6.45, 7) is 2.67. The van der Waals surface area contributed by atoms with Crippen LogP contribution in [0, 0.1) is 0 Å². The zero-order valence-electron chi connectivity index (χ0n) is 30.2. The number of esters is 1. The van der Waals surface area contributed by atoms with Crippen molar-refractivity contribution < 1.29 is 23.1 Å². The molecule has 7 heteroatoms. The third-order valence-corrected chi connectivity index (χ3v) is 10.6. The lowest BCUT2D eigenvalue weighted by Crippen LogP contribution is -2.13. The van der Waals surface area contributed by atoms with Gasteiger partial charge in [-0.2, -0.15) is 0 Å². The van der Waals surface area contributed by atoms with Gasteiger partial charge in [0.1, 0.15) is 5.75 Å². The van der Waals surface area contributed by atoms with Gasteiger partial charge in [0.15, 0.2) is 0 Å². The number of phenolic OH excluding ortho intramolecular Hbond substituents is 1. The average molecular weight is 686 g/mol. The van der Waals surface area contributed by atoms with Crippen LogP contribution >= 0.6 is 0 Å². The van der Waals surface area contributed by atoms with Crippen LogP contribution in [0.25, 0.3) is 0 Å². The summed E-state index contributed by atoms with van der Waals surface area (Å²) in [5.41, 5.74) is 0.667. The Morgan fingerprint density at radius 3 is 1.27 bits per heavy atom. The highest BCUT2D eigenvalue weighted by Crippen LogP contribution is 2.20. The van der Waals surface area contributed by atoms with E-state index in [9.17, 15) is 18.3 Å². The second-order valence-electron chi connectivity index (χ2n) is 13.7. The Hall–Kier alpha value is -2.54. The van der Waals surface area contributed by atoms with Gasteiger partial charge < -0.3 is 9.84 Å². The van der Waals surface area contributed by atoms with Crippen LogP contribution in [-0.2, 0) is 14.8 Å². The highest BCUT2D eigenvalue weighted by molar-refractivity contribution is 7.92. The van der Waals surface area contributed by atoms with E-state index in [1.165, 1.54) is 196 Å². The monoisotopic (exact) mass is 685 g/mol. The van der Waals surface area contributed by atoms with Crippen molar-refractivity contribution in [1.82, 2.24) is 0 Å². The Kier molecular flexibility index (Phi) is 23.7. The van der Waals surface area contributed by atoms with Crippen molar-refractivity contribution in [3.8, 4) is 5.75 Å². The largest absolute Gasteiger partial charge is 0.508 e. The lowest BCUT2D eigenvalue weighted by Gasteiger charge is -2.09. The second kappa shape index (κ2) is 27.3. The molecule has 0 saturated heterocycles. The Bertz CT molecular complexity index is 1160. The number of ether oxygens (including phenoxy) is 1. The zero-order chi connectivity index (χ0) is 34.5. The van der Waals surface area contributed by atoms with Crippen LogP contribution < -0.4 is 4.72 Å². The number of sulfonamides is 1. The fourth-order valence-electron chi connectivity index (χ4n) is 6.18. The van der Waals surface area contributed by atoms with Crippen molar-refractivity contribution in [2.75, 3.05) is 11.3 Å². The van der Waals surface area contributed by atoms with Gasteiger partial charge in [0.05, 0.1) is 17.1 Å². The van der Waals surface area contributed by atoms with Crippen molar-refractivity contribution in [3.63, 3.8) is 0 Å². The molecule has 0 spiro atoms. The van der Waals surface area contributed by atoms with Gasteiger partial charge in [-0.25, -0.2) is 13.2 Å². The molecular weight excluding hydrogens is 619 g/mol. The lowest BCUT2D eigenvalue weighted by atomic mass is 10.0. The number of carbonyl (C=O) groups excluding carboxylic acids is 1. The molecule has 0 fully saturated rings. The van der Waals surface area contributed by atoms with Crippen LogP contribution in [0.1, 0.15) is 184 Å². The smallest absolute Gasteiger partial charge is 0.338 e. The number of hydrogen-bond donors (Lipinski definition) is 2. The molecule has 0 saturated carbocycles. The number of hydrogen-bond acceptors (Lipinski definition) is 5. The average Bonchev–Trinajstić information content (AvgIpc) is 3.08. The summed E-state index contributed by atoms with van der Waals surface area (Å²) in [6, 6.07) is 11.5. The summed E-state index contributed by atoms with van der Waals surface area (Å²) in [4.78, 5) is 12.4. The molecule has 0 aromatic heterocycles. The maximum Gasteiger partial charge on any atom is 0.338 e. The minimum Gasteiger partial charge on any atom is -0.508 e. The SMILES string of the molecule is CCCCCCCCCCCCCCCCCCCCCCCCCCCCOC(=O)c1ccc(S(=O)(=O)Nc2ccc(O)cc2)cc1. The predicted octanol–water partition coefficient (Wildman–Crippen LogP) is 12.5. The first-order valence-corrected chi connectivity index (χ1v) is 21.0. The number of nitrogens with one attached hydrogen (secondary N) is 1. The van der Waals surface area contributed by atoms with Gasteiger partial charge in [-0.3, -0.25) is 4.72 Å². The van der Waals surface area contributed by atoms with Crippen molar-refractivity contribution in [2.24, 2.45) is 0 Å². The van der Waals surface area contributed by atoms with Gasteiger partial charge in [-0.1, -0.05) is 167 Å². The molecule has 0 atom stereocenters. The molecule has 2 aromatic rings. The molecular formula is C41H67NO5S. The Labute approximate surface area is 293 Å². The normalized spacial score (nSPS) is 11.5. The molecule has 2 aromatic carbocycles. The number of anilines is 1. The summed E-state index contributed by atoms with van der Waals surface area (Å²) in [5, 5.41) is 9.36.